The predicted molar refractivity (Wildman–Crippen MR) is 88.6 cm³/mol. The molecule has 7 nitrogen and oxygen atoms in total. The molecule has 0 saturated heterocycles. The van der Waals surface area contributed by atoms with Crippen LogP contribution in [0.4, 0.5) is 0 Å². The number of rotatable bonds is 10. The van der Waals surface area contributed by atoms with Crippen molar-refractivity contribution in [3.63, 3.8) is 0 Å². The van der Waals surface area contributed by atoms with E-state index in [2.05, 4.69) is 6.92 Å². The Morgan fingerprint density at radius 2 is 1.52 bits per heavy atom. The predicted octanol–water partition coefficient (Wildman–Crippen LogP) is 3.49. The summed E-state index contributed by atoms with van der Waals surface area (Å²) in [5, 5.41) is 15.5. The Balaban J connectivity index is 0. The average Bonchev–Trinajstić information content (AvgIpc) is 2.42. The summed E-state index contributed by atoms with van der Waals surface area (Å²) in [6, 6.07) is 0. The molecule has 0 rings (SSSR count). The zero-order valence-electron chi connectivity index (χ0n) is 14.5. The van der Waals surface area contributed by atoms with E-state index >= 15 is 0 Å². The minimum atomic E-state index is -3.95. The van der Waals surface area contributed by atoms with E-state index in [-0.39, 0.29) is 6.42 Å². The van der Waals surface area contributed by atoms with Crippen LogP contribution in [0.2, 0.25) is 0 Å². The molecule has 23 heavy (non-hydrogen) atoms. The highest BCUT2D eigenvalue weighted by molar-refractivity contribution is 7.53. The zero-order valence-corrected chi connectivity index (χ0v) is 15.4. The van der Waals surface area contributed by atoms with Crippen molar-refractivity contribution in [2.24, 2.45) is 5.92 Å². The number of carboxylic acids is 2. The molecule has 0 aliphatic rings. The topological polar surface area (TPSA) is 132 Å². The Labute approximate surface area is 138 Å². The molecule has 0 bridgehead atoms. The minimum Gasteiger partial charge on any atom is -0.481 e. The largest absolute Gasteiger partial charge is 0.481 e. The van der Waals surface area contributed by atoms with Crippen LogP contribution in [0.1, 0.15) is 72.6 Å². The summed E-state index contributed by atoms with van der Waals surface area (Å²) in [6.45, 7) is 7.19. The fraction of sp³-hybridized carbons (Fsp3) is 0.867. The lowest BCUT2D eigenvalue weighted by atomic mass is 9.95. The smallest absolute Gasteiger partial charge is 0.331 e. The molecule has 0 aliphatic carbocycles. The molecule has 4 N–H and O–H groups in total. The van der Waals surface area contributed by atoms with Gasteiger partial charge in [0.25, 0.3) is 0 Å². The summed E-state index contributed by atoms with van der Waals surface area (Å²) in [6.07, 6.45) is 4.54. The summed E-state index contributed by atoms with van der Waals surface area (Å²) in [5.74, 6) is -2.94. The van der Waals surface area contributed by atoms with E-state index in [0.717, 1.165) is 19.3 Å². The molecule has 0 aliphatic heterocycles. The molecular weight excluding hydrogens is 323 g/mol. The second-order valence-corrected chi connectivity index (χ2v) is 7.81. The molecule has 0 amide bonds. The summed E-state index contributed by atoms with van der Waals surface area (Å²) in [7, 11) is -3.95. The van der Waals surface area contributed by atoms with Gasteiger partial charge >= 0.3 is 19.5 Å². The Morgan fingerprint density at radius 3 is 1.74 bits per heavy atom. The summed E-state index contributed by atoms with van der Waals surface area (Å²) in [5.41, 5.74) is 0. The molecule has 0 fully saturated rings. The number of hydrogen-bond acceptors (Lipinski definition) is 3. The number of hydrogen-bond donors (Lipinski definition) is 4. The Hall–Kier alpha value is -0.910. The lowest BCUT2D eigenvalue weighted by Crippen LogP contribution is -2.27. The molecule has 0 aromatic carbocycles. The fourth-order valence-corrected chi connectivity index (χ4v) is 3.49. The van der Waals surface area contributed by atoms with Crippen LogP contribution in [0.15, 0.2) is 0 Å². The van der Waals surface area contributed by atoms with Crippen LogP contribution in [0.3, 0.4) is 0 Å². The molecule has 8 heteroatoms. The first-order chi connectivity index (χ1) is 10.5. The van der Waals surface area contributed by atoms with Crippen molar-refractivity contribution in [1.82, 2.24) is 0 Å². The summed E-state index contributed by atoms with van der Waals surface area (Å²) in [4.78, 5) is 38.5. The molecule has 0 radical (unpaired) electrons. The highest BCUT2D eigenvalue weighted by Crippen LogP contribution is 2.57. The maximum Gasteiger partial charge on any atom is 0.331 e. The van der Waals surface area contributed by atoms with E-state index in [1.54, 1.807) is 0 Å². The van der Waals surface area contributed by atoms with Gasteiger partial charge < -0.3 is 20.0 Å². The van der Waals surface area contributed by atoms with Crippen molar-refractivity contribution in [3.8, 4) is 0 Å². The van der Waals surface area contributed by atoms with Crippen LogP contribution in [-0.4, -0.2) is 37.1 Å². The Kier molecular flexibility index (Phi) is 12.3. The number of carbonyl (C=O) groups is 2. The zero-order chi connectivity index (χ0) is 18.7. The van der Waals surface area contributed by atoms with E-state index in [9.17, 15) is 23.9 Å². The van der Waals surface area contributed by atoms with E-state index in [1.165, 1.54) is 6.92 Å². The Bertz CT molecular complexity index is 399. The van der Waals surface area contributed by atoms with E-state index in [1.807, 2.05) is 13.8 Å². The Morgan fingerprint density at radius 1 is 1.04 bits per heavy atom. The second-order valence-electron chi connectivity index (χ2n) is 5.77. The van der Waals surface area contributed by atoms with Crippen molar-refractivity contribution < 1.29 is 34.2 Å². The third kappa shape index (κ3) is 9.74. The van der Waals surface area contributed by atoms with Crippen LogP contribution >= 0.6 is 7.60 Å². The molecule has 1 unspecified atom stereocenters. The fourth-order valence-electron chi connectivity index (χ4n) is 2.21. The van der Waals surface area contributed by atoms with Crippen LogP contribution in [0.5, 0.6) is 0 Å². The first-order valence-electron chi connectivity index (χ1n) is 7.97. The van der Waals surface area contributed by atoms with E-state index < -0.39 is 30.6 Å². The van der Waals surface area contributed by atoms with Gasteiger partial charge in [-0.1, -0.05) is 47.0 Å². The van der Waals surface area contributed by atoms with Crippen molar-refractivity contribution >= 4 is 19.5 Å². The van der Waals surface area contributed by atoms with Crippen molar-refractivity contribution in [1.29, 1.82) is 0 Å². The SMILES string of the molecule is CC(CC(=O)O)C(=O)O.CCCCCC(CC)(CC)P(=O)(O)O. The highest BCUT2D eigenvalue weighted by atomic mass is 31.2. The second kappa shape index (κ2) is 11.6. The third-order valence-electron chi connectivity index (χ3n) is 4.08. The van der Waals surface area contributed by atoms with Crippen LogP contribution in [-0.2, 0) is 14.2 Å². The molecule has 0 saturated carbocycles. The average molecular weight is 354 g/mol. The van der Waals surface area contributed by atoms with Gasteiger partial charge in [-0.25, -0.2) is 0 Å². The van der Waals surface area contributed by atoms with Crippen LogP contribution < -0.4 is 0 Å². The maximum absolute atomic E-state index is 11.4. The van der Waals surface area contributed by atoms with Gasteiger partial charge in [0.2, 0.25) is 0 Å². The van der Waals surface area contributed by atoms with Gasteiger partial charge in [0.05, 0.1) is 17.5 Å². The molecule has 0 aromatic rings. The molecule has 0 heterocycles. The quantitative estimate of drug-likeness (QED) is 0.349. The summed E-state index contributed by atoms with van der Waals surface area (Å²) >= 11 is 0. The highest BCUT2D eigenvalue weighted by Gasteiger charge is 2.42. The lowest BCUT2D eigenvalue weighted by molar-refractivity contribution is -0.147. The van der Waals surface area contributed by atoms with Gasteiger partial charge in [-0.15, -0.1) is 0 Å². The summed E-state index contributed by atoms with van der Waals surface area (Å²) < 4.78 is 11.4. The molecule has 138 valence electrons. The standard InChI is InChI=1S/C10H23O3P.C5H8O4/c1-4-7-8-9-10(5-2,6-3)14(11,12)13;1-3(5(8)9)2-4(6)7/h4-9H2,1-3H3,(H2,11,12,13);3H,2H2,1H3,(H,6,7)(H,8,9). The van der Waals surface area contributed by atoms with Gasteiger partial charge in [-0.05, 0) is 19.3 Å². The first-order valence-corrected chi connectivity index (χ1v) is 9.58. The van der Waals surface area contributed by atoms with Crippen LogP contribution in [0.25, 0.3) is 0 Å². The minimum absolute atomic E-state index is 0.310. The number of aliphatic carboxylic acids is 2. The molecule has 0 aromatic heterocycles. The lowest BCUT2D eigenvalue weighted by Gasteiger charge is -2.32. The van der Waals surface area contributed by atoms with Crippen molar-refractivity contribution in [2.75, 3.05) is 0 Å². The van der Waals surface area contributed by atoms with Gasteiger partial charge in [0.1, 0.15) is 0 Å². The van der Waals surface area contributed by atoms with Crippen molar-refractivity contribution in [3.05, 3.63) is 0 Å². The van der Waals surface area contributed by atoms with Gasteiger partial charge in [0.15, 0.2) is 0 Å². The number of unbranched alkanes of at least 4 members (excludes halogenated alkanes) is 2. The monoisotopic (exact) mass is 354 g/mol. The molecular formula is C15H31O7P. The van der Waals surface area contributed by atoms with Crippen LogP contribution in [0, 0.1) is 5.92 Å². The van der Waals surface area contributed by atoms with E-state index in [4.69, 9.17) is 10.2 Å². The molecule has 1 atom stereocenters. The van der Waals surface area contributed by atoms with Gasteiger partial charge in [0, 0.05) is 0 Å². The first kappa shape index (κ1) is 24.3. The normalized spacial score (nSPS) is 13.0. The van der Waals surface area contributed by atoms with Gasteiger partial charge in [-0.2, -0.15) is 0 Å². The molecule has 0 spiro atoms. The van der Waals surface area contributed by atoms with Gasteiger partial charge in [-0.3, -0.25) is 14.2 Å². The maximum atomic E-state index is 11.4. The van der Waals surface area contributed by atoms with Crippen molar-refractivity contribution in [2.45, 2.75) is 77.8 Å². The van der Waals surface area contributed by atoms with E-state index in [0.29, 0.717) is 19.3 Å². The third-order valence-corrected chi connectivity index (χ3v) is 6.17. The number of carboxylic acid groups (broad SMARTS) is 2.